The van der Waals surface area contributed by atoms with Crippen LogP contribution in [0.2, 0.25) is 0 Å². The Hall–Kier alpha value is -6.23. The van der Waals surface area contributed by atoms with Gasteiger partial charge in [0.25, 0.3) is 12.3 Å². The number of β-amino-alcohol motifs (C(OH)–C–C–N with tert-alkyl or cyclic N) is 1. The van der Waals surface area contributed by atoms with Crippen molar-refractivity contribution >= 4 is 60.0 Å². The summed E-state index contributed by atoms with van der Waals surface area (Å²) in [5, 5.41) is 110. The Morgan fingerprint density at radius 1 is 0.808 bits per heavy atom. The number of carbonyl (C=O) groups is 8. The standard InChI is InChI=1S/C47H69N7O23S/c1-6-12-72-46(69)52(27(21-55)22-56)11-10-31(60)37-45(68)54-19-24(4)39(62)38(54)43(66)48-18-28(58)14-23(3)40(63)49-35(25(5)57)44(67)53-20-29(59)17-30(53)41(64)50-36(42(65)51-37)32(61)15-26-8-9-33(74-47(70)73-13-7-2)34(16-26)75-78-77-76-71/h6-9,16,23-25,27-32,35-39,55-62,71H,1-2,10-15,17-22H2,3-5H3,(H,48,66)(H,49,63)(H,50,64)(H,51,65)/t23?,24-,25+,28+,29+,30-,31+,32+,35-,36-,37-,38-,39-/m0/s1. The number of ether oxygens (including phenoxy) is 3. The highest BCUT2D eigenvalue weighted by atomic mass is 32.2. The van der Waals surface area contributed by atoms with Crippen LogP contribution in [0.25, 0.3) is 0 Å². The normalized spacial score (nSPS) is 26.9. The van der Waals surface area contributed by atoms with Gasteiger partial charge in [-0.15, -0.1) is 0 Å². The first-order chi connectivity index (χ1) is 37.0. The lowest BCUT2D eigenvalue weighted by molar-refractivity contribution is -0.433. The van der Waals surface area contributed by atoms with E-state index < -0.39 is 185 Å². The van der Waals surface area contributed by atoms with Crippen LogP contribution in [0.5, 0.6) is 11.5 Å². The third-order valence-corrected chi connectivity index (χ3v) is 13.3. The number of aliphatic hydroxyl groups excluding tert-OH is 8. The molecule has 0 spiro atoms. The average molecular weight is 1130 g/mol. The molecule has 13 N–H and O–H groups in total. The molecule has 0 bridgehead atoms. The lowest BCUT2D eigenvalue weighted by atomic mass is 9.98. The van der Waals surface area contributed by atoms with Gasteiger partial charge in [0.05, 0.1) is 55.9 Å². The molecule has 0 saturated carbocycles. The molecule has 31 heteroatoms. The molecule has 3 saturated heterocycles. The first-order valence-corrected chi connectivity index (χ1v) is 25.2. The van der Waals surface area contributed by atoms with Crippen molar-refractivity contribution in [1.82, 2.24) is 36.0 Å². The van der Waals surface area contributed by atoms with Crippen LogP contribution in [0.3, 0.4) is 0 Å². The van der Waals surface area contributed by atoms with E-state index in [-0.39, 0.29) is 55.6 Å². The van der Waals surface area contributed by atoms with Crippen molar-refractivity contribution in [3.63, 3.8) is 0 Å². The largest absolute Gasteiger partial charge is 0.514 e. The summed E-state index contributed by atoms with van der Waals surface area (Å²) in [6.07, 6.45) is -12.3. The minimum Gasteiger partial charge on any atom is -0.445 e. The number of nitrogens with one attached hydrogen (secondary N) is 4. The summed E-state index contributed by atoms with van der Waals surface area (Å²) in [6, 6.07) is -7.43. The molecule has 3 aliphatic rings. The summed E-state index contributed by atoms with van der Waals surface area (Å²) in [5.41, 5.74) is 0.0366. The van der Waals surface area contributed by atoms with Crippen LogP contribution in [0.15, 0.2) is 43.5 Å². The molecule has 4 rings (SSSR count). The van der Waals surface area contributed by atoms with Gasteiger partial charge in [-0.1, -0.05) is 54.6 Å². The van der Waals surface area contributed by atoms with Gasteiger partial charge in [0, 0.05) is 50.9 Å². The number of carbonyl (C=O) groups excluding carboxylic acids is 8. The maximum absolute atomic E-state index is 15.0. The van der Waals surface area contributed by atoms with Gasteiger partial charge in [0.2, 0.25) is 35.4 Å². The van der Waals surface area contributed by atoms with Crippen LogP contribution in [0.4, 0.5) is 9.59 Å². The maximum atomic E-state index is 15.0. The second-order valence-corrected chi connectivity index (χ2v) is 19.2. The van der Waals surface area contributed by atoms with Crippen LogP contribution in [0.1, 0.15) is 45.6 Å². The maximum Gasteiger partial charge on any atom is 0.514 e. The molecule has 1 aromatic carbocycles. The minimum atomic E-state index is -2.23. The molecular weight excluding hydrogens is 1060 g/mol. The highest BCUT2D eigenvalue weighted by Gasteiger charge is 2.50. The van der Waals surface area contributed by atoms with E-state index in [4.69, 9.17) is 23.7 Å². The van der Waals surface area contributed by atoms with Crippen LogP contribution < -0.4 is 30.2 Å². The molecule has 30 nitrogen and oxygen atoms in total. The molecule has 13 atom stereocenters. The zero-order chi connectivity index (χ0) is 58.0. The SMILES string of the molecule is C=CCOC(=O)Oc1ccc(C[C@@H](O)[C@@H]2NC(=O)[C@@H]3C[C@@H](O)CN3C(=O)[C@H]([C@@H](C)O)NC(=O)C(C)C[C@@H](O)CNC(=O)[C@@H]3[C@@H](O)[C@@H](C)CN3C(=O)[C@H]([C@H](O)CCN(C(=O)OCC=C)C(CO)CO)NC2=O)cc1OSOOO. The second-order valence-electron chi connectivity index (χ2n) is 18.8. The minimum absolute atomic E-state index is 0.0180. The highest BCUT2D eigenvalue weighted by molar-refractivity contribution is 7.90. The second kappa shape index (κ2) is 30.8. The van der Waals surface area contributed by atoms with E-state index in [0.29, 0.717) is 0 Å². The van der Waals surface area contributed by atoms with Gasteiger partial charge in [0.1, 0.15) is 43.4 Å². The Balaban J connectivity index is 1.89. The topological polar surface area (TPSA) is 432 Å². The molecule has 78 heavy (non-hydrogen) atoms. The van der Waals surface area contributed by atoms with E-state index in [1.165, 1.54) is 32.1 Å². The predicted molar refractivity (Wildman–Crippen MR) is 265 cm³/mol. The van der Waals surface area contributed by atoms with Crippen molar-refractivity contribution in [2.24, 2.45) is 11.8 Å². The molecule has 3 fully saturated rings. The molecule has 3 heterocycles. The Morgan fingerprint density at radius 3 is 2.09 bits per heavy atom. The summed E-state index contributed by atoms with van der Waals surface area (Å²) in [6.45, 7) is 6.61. The van der Waals surface area contributed by atoms with Gasteiger partial charge in [-0.2, -0.15) is 0 Å². The van der Waals surface area contributed by atoms with Gasteiger partial charge in [0.15, 0.2) is 11.5 Å². The summed E-state index contributed by atoms with van der Waals surface area (Å²) >= 11 is 0.0180. The van der Waals surface area contributed by atoms with Gasteiger partial charge in [-0.25, -0.2) is 14.8 Å². The van der Waals surface area contributed by atoms with Crippen molar-refractivity contribution in [2.75, 3.05) is 52.6 Å². The van der Waals surface area contributed by atoms with Crippen LogP contribution in [-0.4, -0.2) is 234 Å². The average Bonchev–Trinajstić information content (AvgIpc) is 4.01. The highest BCUT2D eigenvalue weighted by Crippen LogP contribution is 2.33. The fourth-order valence-corrected chi connectivity index (χ4v) is 9.05. The van der Waals surface area contributed by atoms with Crippen molar-refractivity contribution in [3.05, 3.63) is 49.1 Å². The van der Waals surface area contributed by atoms with E-state index in [1.54, 1.807) is 0 Å². The predicted octanol–water partition coefficient (Wildman–Crippen LogP) is -4.09. The Morgan fingerprint density at radius 2 is 1.45 bits per heavy atom. The van der Waals surface area contributed by atoms with Crippen molar-refractivity contribution in [3.8, 4) is 11.5 Å². The van der Waals surface area contributed by atoms with E-state index >= 15 is 0 Å². The van der Waals surface area contributed by atoms with Crippen LogP contribution in [0, 0.1) is 11.8 Å². The first-order valence-electron chi connectivity index (χ1n) is 24.6. The van der Waals surface area contributed by atoms with Crippen molar-refractivity contribution in [2.45, 2.75) is 119 Å². The fourth-order valence-electron chi connectivity index (χ4n) is 8.80. The van der Waals surface area contributed by atoms with Crippen LogP contribution >= 0.6 is 12.3 Å². The number of hydrogen-bond acceptors (Lipinski definition) is 24. The molecule has 0 aliphatic carbocycles. The number of aliphatic hydroxyl groups is 8. The number of benzene rings is 1. The molecule has 1 unspecified atom stereocenters. The van der Waals surface area contributed by atoms with Crippen LogP contribution in [-0.2, 0) is 54.0 Å². The van der Waals surface area contributed by atoms with E-state index in [1.807, 2.05) is 0 Å². The fraction of sp³-hybridized carbons (Fsp3) is 0.617. The number of hydrogen-bond donors (Lipinski definition) is 13. The third kappa shape index (κ3) is 17.4. The Kier molecular flexibility index (Phi) is 25.4. The van der Waals surface area contributed by atoms with E-state index in [0.717, 1.165) is 33.8 Å². The molecule has 0 aromatic heterocycles. The molecule has 0 radical (unpaired) electrons. The molecule has 7 amide bonds. The molecule has 3 aliphatic heterocycles. The van der Waals surface area contributed by atoms with Crippen molar-refractivity contribution < 1.29 is 112 Å². The zero-order valence-electron chi connectivity index (χ0n) is 42.9. The summed E-state index contributed by atoms with van der Waals surface area (Å²) < 4.78 is 24.7. The number of fused-ring (bicyclic) bond motifs is 2. The van der Waals surface area contributed by atoms with Gasteiger partial charge < -0.3 is 95.2 Å². The molecular formula is C47H69N7O23S. The van der Waals surface area contributed by atoms with Gasteiger partial charge >= 0.3 is 12.2 Å². The Labute approximate surface area is 451 Å². The Bertz CT molecular complexity index is 2260. The zero-order valence-corrected chi connectivity index (χ0v) is 43.7. The summed E-state index contributed by atoms with van der Waals surface area (Å²) in [5.74, 6) is -9.50. The van der Waals surface area contributed by atoms with E-state index in [9.17, 15) is 79.2 Å². The monoisotopic (exact) mass is 1130 g/mol. The van der Waals surface area contributed by atoms with Gasteiger partial charge in [-0.05, 0) is 37.5 Å². The molecule has 436 valence electrons. The van der Waals surface area contributed by atoms with Gasteiger partial charge in [-0.3, -0.25) is 28.8 Å². The lowest BCUT2D eigenvalue weighted by Crippen LogP contribution is -2.64. The quantitative estimate of drug-likeness (QED) is 0.0112. The first kappa shape index (κ1) is 64.3. The van der Waals surface area contributed by atoms with Crippen molar-refractivity contribution in [1.29, 1.82) is 0 Å². The van der Waals surface area contributed by atoms with E-state index in [2.05, 4.69) is 43.8 Å². The lowest BCUT2D eigenvalue weighted by Gasteiger charge is -2.35. The summed E-state index contributed by atoms with van der Waals surface area (Å²) in [4.78, 5) is 114. The summed E-state index contributed by atoms with van der Waals surface area (Å²) in [7, 11) is 0. The number of amides is 7. The smallest absolute Gasteiger partial charge is 0.445 e. The third-order valence-electron chi connectivity index (χ3n) is 12.9. The number of rotatable bonds is 20. The number of nitrogens with zero attached hydrogens (tertiary/aromatic N) is 3. The molecule has 1 aromatic rings.